The first-order chi connectivity index (χ1) is 12.5. The summed E-state index contributed by atoms with van der Waals surface area (Å²) in [4.78, 5) is 27.8. The van der Waals surface area contributed by atoms with Gasteiger partial charge < -0.3 is 19.6 Å². The summed E-state index contributed by atoms with van der Waals surface area (Å²) in [6.45, 7) is 8.04. The first kappa shape index (κ1) is 21.2. The summed E-state index contributed by atoms with van der Waals surface area (Å²) in [6.07, 6.45) is -0.577. The molecule has 27 heavy (non-hydrogen) atoms. The van der Waals surface area contributed by atoms with E-state index in [1.165, 1.54) is 11.0 Å². The summed E-state index contributed by atoms with van der Waals surface area (Å²) in [6, 6.07) is 4.19. The van der Waals surface area contributed by atoms with Crippen molar-refractivity contribution in [3.8, 4) is 0 Å². The highest BCUT2D eigenvalue weighted by Crippen LogP contribution is 2.23. The third kappa shape index (κ3) is 5.42. The smallest absolute Gasteiger partial charge is 0.410 e. The number of hydrogen-bond acceptors (Lipinski definition) is 4. The Labute approximate surface area is 159 Å². The first-order valence-corrected chi connectivity index (χ1v) is 9.18. The van der Waals surface area contributed by atoms with Crippen molar-refractivity contribution < 1.29 is 23.8 Å². The van der Waals surface area contributed by atoms with Crippen LogP contribution in [0.2, 0.25) is 0 Å². The SMILES string of the molecule is Cc1ccc(C(O)C(=O)N(C)C2CCN(C(=O)OC(C)(C)C)CC2)cc1F. The maximum Gasteiger partial charge on any atom is 0.410 e. The topological polar surface area (TPSA) is 70.1 Å². The van der Waals surface area contributed by atoms with Crippen LogP contribution in [0.3, 0.4) is 0 Å². The number of halogens is 1. The highest BCUT2D eigenvalue weighted by molar-refractivity contribution is 5.82. The van der Waals surface area contributed by atoms with E-state index in [0.717, 1.165) is 0 Å². The van der Waals surface area contributed by atoms with Gasteiger partial charge in [-0.2, -0.15) is 0 Å². The molecule has 0 radical (unpaired) electrons. The van der Waals surface area contributed by atoms with Crippen LogP contribution in [-0.2, 0) is 9.53 Å². The number of likely N-dealkylation sites (tertiary alicyclic amines) is 1. The van der Waals surface area contributed by atoms with E-state index in [-0.39, 0.29) is 17.7 Å². The lowest BCUT2D eigenvalue weighted by atomic mass is 10.0. The van der Waals surface area contributed by atoms with Crippen LogP contribution >= 0.6 is 0 Å². The molecule has 0 aromatic heterocycles. The molecule has 7 heteroatoms. The van der Waals surface area contributed by atoms with Gasteiger partial charge in [0.05, 0.1) is 0 Å². The minimum absolute atomic E-state index is 0.0962. The Hall–Kier alpha value is -2.15. The standard InChI is InChI=1S/C20H29FN2O4/c1-13-6-7-14(12-16(13)21)17(24)18(25)22(5)15-8-10-23(11-9-15)19(26)27-20(2,3)4/h6-7,12,15,17,24H,8-11H2,1-5H3. The second kappa shape index (κ2) is 8.25. The first-order valence-electron chi connectivity index (χ1n) is 9.18. The highest BCUT2D eigenvalue weighted by atomic mass is 19.1. The number of aryl methyl sites for hydroxylation is 1. The van der Waals surface area contributed by atoms with Gasteiger partial charge in [0.15, 0.2) is 6.10 Å². The van der Waals surface area contributed by atoms with Gasteiger partial charge in [0.25, 0.3) is 5.91 Å². The normalized spacial score (nSPS) is 16.8. The van der Waals surface area contributed by atoms with Gasteiger partial charge in [-0.15, -0.1) is 0 Å². The highest BCUT2D eigenvalue weighted by Gasteiger charge is 2.32. The zero-order valence-corrected chi connectivity index (χ0v) is 16.7. The predicted octanol–water partition coefficient (Wildman–Crippen LogP) is 3.03. The molecule has 0 bridgehead atoms. The number of hydrogen-bond donors (Lipinski definition) is 1. The Kier molecular flexibility index (Phi) is 6.46. The molecule has 6 nitrogen and oxygen atoms in total. The molecule has 1 aromatic rings. The van der Waals surface area contributed by atoms with E-state index in [2.05, 4.69) is 0 Å². The average molecular weight is 380 g/mol. The molecule has 1 aromatic carbocycles. The van der Waals surface area contributed by atoms with Gasteiger partial charge in [-0.05, 0) is 57.7 Å². The predicted molar refractivity (Wildman–Crippen MR) is 99.7 cm³/mol. The number of nitrogens with zero attached hydrogens (tertiary/aromatic N) is 2. The summed E-state index contributed by atoms with van der Waals surface area (Å²) in [7, 11) is 1.63. The number of amides is 2. The molecular formula is C20H29FN2O4. The number of benzene rings is 1. The molecule has 1 heterocycles. The van der Waals surface area contributed by atoms with Crippen LogP contribution in [0.1, 0.15) is 50.8 Å². The van der Waals surface area contributed by atoms with Crippen molar-refractivity contribution in [1.29, 1.82) is 0 Å². The summed E-state index contributed by atoms with van der Waals surface area (Å²) in [5.74, 6) is -0.929. The zero-order chi connectivity index (χ0) is 20.4. The fraction of sp³-hybridized carbons (Fsp3) is 0.600. The zero-order valence-electron chi connectivity index (χ0n) is 16.7. The number of carbonyl (C=O) groups is 2. The van der Waals surface area contributed by atoms with Gasteiger partial charge in [-0.1, -0.05) is 12.1 Å². The number of aliphatic hydroxyl groups is 1. The van der Waals surface area contributed by atoms with Crippen molar-refractivity contribution in [3.63, 3.8) is 0 Å². The minimum Gasteiger partial charge on any atom is -0.444 e. The number of rotatable bonds is 3. The van der Waals surface area contributed by atoms with Gasteiger partial charge in [0.1, 0.15) is 11.4 Å². The Morgan fingerprint density at radius 1 is 1.30 bits per heavy atom. The Balaban J connectivity index is 1.94. The molecule has 150 valence electrons. The van der Waals surface area contributed by atoms with Gasteiger partial charge >= 0.3 is 6.09 Å². The molecule has 1 N–H and O–H groups in total. The van der Waals surface area contributed by atoms with E-state index in [1.54, 1.807) is 31.0 Å². The second-order valence-electron chi connectivity index (χ2n) is 8.06. The average Bonchev–Trinajstić information content (AvgIpc) is 2.61. The van der Waals surface area contributed by atoms with Gasteiger partial charge in [-0.3, -0.25) is 4.79 Å². The summed E-state index contributed by atoms with van der Waals surface area (Å²) < 4.78 is 19.1. The van der Waals surface area contributed by atoms with Gasteiger partial charge in [0.2, 0.25) is 0 Å². The molecule has 1 atom stereocenters. The van der Waals surface area contributed by atoms with Crippen LogP contribution in [0, 0.1) is 12.7 Å². The second-order valence-corrected chi connectivity index (χ2v) is 8.06. The lowest BCUT2D eigenvalue weighted by Gasteiger charge is -2.37. The monoisotopic (exact) mass is 380 g/mol. The molecular weight excluding hydrogens is 351 g/mol. The van der Waals surface area contributed by atoms with Crippen LogP contribution in [0.4, 0.5) is 9.18 Å². The number of piperidine rings is 1. The largest absolute Gasteiger partial charge is 0.444 e. The number of ether oxygens (including phenoxy) is 1. The molecule has 2 amide bonds. The van der Waals surface area contributed by atoms with Gasteiger partial charge in [0, 0.05) is 26.2 Å². The van der Waals surface area contributed by atoms with Crippen LogP contribution in [0.15, 0.2) is 18.2 Å². The van der Waals surface area contributed by atoms with Crippen LogP contribution < -0.4 is 0 Å². The molecule has 2 rings (SSSR count). The van der Waals surface area contributed by atoms with Crippen molar-refractivity contribution in [3.05, 3.63) is 35.1 Å². The van der Waals surface area contributed by atoms with E-state index in [4.69, 9.17) is 4.74 Å². The molecule has 0 aliphatic carbocycles. The maximum atomic E-state index is 13.7. The van der Waals surface area contributed by atoms with E-state index in [1.807, 2.05) is 20.8 Å². The Bertz CT molecular complexity index is 694. The summed E-state index contributed by atoms with van der Waals surface area (Å²) in [5, 5.41) is 10.3. The quantitative estimate of drug-likeness (QED) is 0.875. The Morgan fingerprint density at radius 2 is 1.89 bits per heavy atom. The Morgan fingerprint density at radius 3 is 2.41 bits per heavy atom. The number of likely N-dealkylation sites (N-methyl/N-ethyl adjacent to an activating group) is 1. The number of aliphatic hydroxyl groups excluding tert-OH is 1. The van der Waals surface area contributed by atoms with Crippen LogP contribution in [-0.4, -0.2) is 58.7 Å². The molecule has 1 aliphatic heterocycles. The van der Waals surface area contributed by atoms with Crippen molar-refractivity contribution in [1.82, 2.24) is 9.80 Å². The van der Waals surface area contributed by atoms with Crippen molar-refractivity contribution in [2.24, 2.45) is 0 Å². The van der Waals surface area contributed by atoms with E-state index >= 15 is 0 Å². The van der Waals surface area contributed by atoms with Gasteiger partial charge in [-0.25, -0.2) is 9.18 Å². The number of carbonyl (C=O) groups excluding carboxylic acids is 2. The van der Waals surface area contributed by atoms with Crippen molar-refractivity contribution >= 4 is 12.0 Å². The molecule has 0 saturated carbocycles. The van der Waals surface area contributed by atoms with E-state index < -0.39 is 23.4 Å². The fourth-order valence-corrected chi connectivity index (χ4v) is 3.06. The molecule has 1 saturated heterocycles. The molecule has 1 aliphatic rings. The third-order valence-electron chi connectivity index (χ3n) is 4.76. The van der Waals surface area contributed by atoms with Crippen LogP contribution in [0.5, 0.6) is 0 Å². The summed E-state index contributed by atoms with van der Waals surface area (Å²) in [5.41, 5.74) is 0.149. The van der Waals surface area contributed by atoms with E-state index in [9.17, 15) is 19.1 Å². The van der Waals surface area contributed by atoms with Crippen molar-refractivity contribution in [2.75, 3.05) is 20.1 Å². The molecule has 0 spiro atoms. The lowest BCUT2D eigenvalue weighted by molar-refractivity contribution is -0.142. The molecule has 1 unspecified atom stereocenters. The third-order valence-corrected chi connectivity index (χ3v) is 4.76. The summed E-state index contributed by atoms with van der Waals surface area (Å²) >= 11 is 0. The van der Waals surface area contributed by atoms with Crippen molar-refractivity contribution in [2.45, 2.75) is 58.3 Å². The van der Waals surface area contributed by atoms with Crippen LogP contribution in [0.25, 0.3) is 0 Å². The lowest BCUT2D eigenvalue weighted by Crippen LogP contribution is -2.49. The van der Waals surface area contributed by atoms with E-state index in [0.29, 0.717) is 31.5 Å². The molecule has 1 fully saturated rings. The maximum absolute atomic E-state index is 13.7. The minimum atomic E-state index is -1.41. The fourth-order valence-electron chi connectivity index (χ4n) is 3.06.